The fourth-order valence-corrected chi connectivity index (χ4v) is 5.10. The lowest BCUT2D eigenvalue weighted by atomic mass is 10.2. The van der Waals surface area contributed by atoms with Crippen LogP contribution in [0.1, 0.15) is 27.4 Å². The van der Waals surface area contributed by atoms with Crippen molar-refractivity contribution in [3.8, 4) is 0 Å². The molecule has 1 aliphatic rings. The number of thiazole rings is 2. The van der Waals surface area contributed by atoms with Gasteiger partial charge in [-0.2, -0.15) is 0 Å². The van der Waals surface area contributed by atoms with Gasteiger partial charge in [0, 0.05) is 29.7 Å². The molecule has 144 valence electrons. The van der Waals surface area contributed by atoms with E-state index in [0.717, 1.165) is 41.0 Å². The Balaban J connectivity index is 1.46. The van der Waals surface area contributed by atoms with Gasteiger partial charge in [-0.1, -0.05) is 6.07 Å². The topological polar surface area (TPSA) is 56.1 Å². The molecule has 5 rings (SSSR count). The predicted molar refractivity (Wildman–Crippen MR) is 112 cm³/mol. The summed E-state index contributed by atoms with van der Waals surface area (Å²) in [6, 6.07) is 6.68. The van der Waals surface area contributed by atoms with Crippen molar-refractivity contribution in [2.45, 2.75) is 32.7 Å². The van der Waals surface area contributed by atoms with Crippen LogP contribution in [0.15, 0.2) is 41.4 Å². The quantitative estimate of drug-likeness (QED) is 0.479. The van der Waals surface area contributed by atoms with Crippen molar-refractivity contribution in [1.82, 2.24) is 24.4 Å². The summed E-state index contributed by atoms with van der Waals surface area (Å²) >= 11 is 3.39. The van der Waals surface area contributed by atoms with Gasteiger partial charge >= 0.3 is 0 Å². The molecule has 0 amide bonds. The van der Waals surface area contributed by atoms with E-state index in [1.165, 1.54) is 11.1 Å². The van der Waals surface area contributed by atoms with E-state index in [4.69, 9.17) is 9.72 Å². The molecule has 0 fully saturated rings. The molecule has 0 aliphatic carbocycles. The molecule has 0 bridgehead atoms. The second-order valence-electron chi connectivity index (χ2n) is 7.08. The lowest BCUT2D eigenvalue weighted by Gasteiger charge is -2.31. The van der Waals surface area contributed by atoms with Crippen molar-refractivity contribution in [1.29, 1.82) is 0 Å². The van der Waals surface area contributed by atoms with E-state index in [9.17, 15) is 0 Å². The van der Waals surface area contributed by atoms with Gasteiger partial charge in [0.2, 0.25) is 0 Å². The normalized spacial score (nSPS) is 16.7. The molecule has 0 radical (unpaired) electrons. The lowest BCUT2D eigenvalue weighted by molar-refractivity contribution is 0.0402. The van der Waals surface area contributed by atoms with Crippen LogP contribution in [-0.4, -0.2) is 37.6 Å². The third-order valence-corrected chi connectivity index (χ3v) is 6.51. The summed E-state index contributed by atoms with van der Waals surface area (Å²) in [6.07, 6.45) is 3.74. The molecule has 6 nitrogen and oxygen atoms in total. The van der Waals surface area contributed by atoms with Crippen molar-refractivity contribution in [2.75, 3.05) is 13.2 Å². The molecule has 0 N–H and O–H groups in total. The fraction of sp³-hybridized carbons (Fsp3) is 0.350. The Morgan fingerprint density at radius 3 is 2.57 bits per heavy atom. The van der Waals surface area contributed by atoms with Gasteiger partial charge in [0.05, 0.1) is 36.8 Å². The third-order valence-electron chi connectivity index (χ3n) is 4.98. The van der Waals surface area contributed by atoms with Crippen molar-refractivity contribution in [2.24, 2.45) is 0 Å². The maximum atomic E-state index is 5.90. The van der Waals surface area contributed by atoms with E-state index >= 15 is 0 Å². The highest BCUT2D eigenvalue weighted by Crippen LogP contribution is 2.28. The van der Waals surface area contributed by atoms with Crippen LogP contribution in [-0.2, 0) is 24.4 Å². The average molecular weight is 412 g/mol. The van der Waals surface area contributed by atoms with Gasteiger partial charge in [-0.05, 0) is 24.6 Å². The number of rotatable bonds is 6. The molecule has 0 spiro atoms. The van der Waals surface area contributed by atoms with E-state index in [2.05, 4.69) is 44.6 Å². The molecule has 1 aliphatic heterocycles. The smallest absolute Gasteiger partial charge is 0.136 e. The molecular weight excluding hydrogens is 390 g/mol. The van der Waals surface area contributed by atoms with E-state index in [0.29, 0.717) is 13.2 Å². The number of imidazole rings is 1. The number of aromatic nitrogens is 4. The van der Waals surface area contributed by atoms with Crippen LogP contribution in [0.2, 0.25) is 0 Å². The van der Waals surface area contributed by atoms with E-state index in [1.807, 2.05) is 23.2 Å². The van der Waals surface area contributed by atoms with Crippen LogP contribution in [0.3, 0.4) is 0 Å². The molecule has 0 saturated carbocycles. The molecule has 0 saturated heterocycles. The maximum absolute atomic E-state index is 5.90. The van der Waals surface area contributed by atoms with Crippen molar-refractivity contribution >= 4 is 33.7 Å². The second-order valence-corrected chi connectivity index (χ2v) is 9.04. The van der Waals surface area contributed by atoms with Gasteiger partial charge in [0.1, 0.15) is 22.4 Å². The number of hydrogen-bond donors (Lipinski definition) is 0. The minimum absolute atomic E-state index is 0.218. The molecule has 8 heteroatoms. The highest BCUT2D eigenvalue weighted by atomic mass is 32.1. The number of ether oxygens (including phenoxy) is 1. The zero-order valence-corrected chi connectivity index (χ0v) is 17.2. The Labute approximate surface area is 171 Å². The summed E-state index contributed by atoms with van der Waals surface area (Å²) in [5.74, 6) is 1.01. The first-order valence-corrected chi connectivity index (χ1v) is 11.1. The Morgan fingerprint density at radius 2 is 1.89 bits per heavy atom. The van der Waals surface area contributed by atoms with Gasteiger partial charge in [-0.15, -0.1) is 22.7 Å². The standard InChI is InChI=1S/C20H21N5OS2/c1-14-2-3-16-17(8-14)25-15(12-26-13-18(25)23-16)9-24(10-19-21-4-6-27-19)11-20-22-5-7-28-20/h2-8,15H,9-13H2,1H3. The van der Waals surface area contributed by atoms with Crippen LogP contribution >= 0.6 is 22.7 Å². The molecule has 3 aromatic heterocycles. The number of aryl methyl sites for hydroxylation is 1. The summed E-state index contributed by atoms with van der Waals surface area (Å²) < 4.78 is 8.28. The van der Waals surface area contributed by atoms with Gasteiger partial charge in [0.15, 0.2) is 0 Å². The second kappa shape index (κ2) is 7.71. The van der Waals surface area contributed by atoms with Crippen molar-refractivity contribution in [3.05, 3.63) is 62.8 Å². The summed E-state index contributed by atoms with van der Waals surface area (Å²) in [6.45, 7) is 5.89. The zero-order valence-electron chi connectivity index (χ0n) is 15.6. The van der Waals surface area contributed by atoms with Crippen LogP contribution in [0.5, 0.6) is 0 Å². The monoisotopic (exact) mass is 411 g/mol. The Morgan fingerprint density at radius 1 is 1.14 bits per heavy atom. The largest absolute Gasteiger partial charge is 0.371 e. The van der Waals surface area contributed by atoms with Crippen LogP contribution in [0.25, 0.3) is 11.0 Å². The Hall–Kier alpha value is -2.13. The molecule has 1 unspecified atom stereocenters. The van der Waals surface area contributed by atoms with Crippen LogP contribution in [0.4, 0.5) is 0 Å². The number of fused-ring (bicyclic) bond motifs is 3. The minimum atomic E-state index is 0.218. The van der Waals surface area contributed by atoms with Gasteiger partial charge in [-0.25, -0.2) is 15.0 Å². The van der Waals surface area contributed by atoms with E-state index < -0.39 is 0 Å². The maximum Gasteiger partial charge on any atom is 0.136 e. The summed E-state index contributed by atoms with van der Waals surface area (Å²) in [7, 11) is 0. The minimum Gasteiger partial charge on any atom is -0.371 e. The Kier molecular flexibility index (Phi) is 4.94. The summed E-state index contributed by atoms with van der Waals surface area (Å²) in [5.41, 5.74) is 3.50. The van der Waals surface area contributed by atoms with Crippen LogP contribution in [0, 0.1) is 6.92 Å². The highest BCUT2D eigenvalue weighted by molar-refractivity contribution is 7.09. The fourth-order valence-electron chi connectivity index (χ4n) is 3.79. The van der Waals surface area contributed by atoms with Crippen LogP contribution < -0.4 is 0 Å². The molecule has 4 aromatic rings. The molecular formula is C20H21N5OS2. The molecule has 28 heavy (non-hydrogen) atoms. The molecule has 1 aromatic carbocycles. The zero-order chi connectivity index (χ0) is 18.9. The van der Waals surface area contributed by atoms with E-state index in [-0.39, 0.29) is 6.04 Å². The third kappa shape index (κ3) is 3.60. The highest BCUT2D eigenvalue weighted by Gasteiger charge is 2.26. The first-order valence-electron chi connectivity index (χ1n) is 9.30. The van der Waals surface area contributed by atoms with E-state index in [1.54, 1.807) is 22.7 Å². The first kappa shape index (κ1) is 17.9. The van der Waals surface area contributed by atoms with Crippen molar-refractivity contribution in [3.63, 3.8) is 0 Å². The molecule has 4 heterocycles. The van der Waals surface area contributed by atoms with Gasteiger partial charge in [-0.3, -0.25) is 4.90 Å². The summed E-state index contributed by atoms with van der Waals surface area (Å²) in [4.78, 5) is 16.2. The van der Waals surface area contributed by atoms with Gasteiger partial charge < -0.3 is 9.30 Å². The Bertz CT molecular complexity index is 1020. The van der Waals surface area contributed by atoms with Crippen molar-refractivity contribution < 1.29 is 4.74 Å². The SMILES string of the molecule is Cc1ccc2nc3n(c2c1)C(CN(Cc1nccs1)Cc1nccs1)COC3. The van der Waals surface area contributed by atoms with Gasteiger partial charge in [0.25, 0.3) is 0 Å². The molecule has 1 atom stereocenters. The first-order chi connectivity index (χ1) is 13.8. The number of nitrogens with zero attached hydrogens (tertiary/aromatic N) is 5. The average Bonchev–Trinajstić information content (AvgIpc) is 3.43. The number of benzene rings is 1. The predicted octanol–water partition coefficient (Wildman–Crippen LogP) is 4.03. The number of hydrogen-bond acceptors (Lipinski definition) is 7. The summed E-state index contributed by atoms with van der Waals surface area (Å²) in [5, 5.41) is 6.31. The lowest BCUT2D eigenvalue weighted by Crippen LogP contribution is -2.35.